The van der Waals surface area contributed by atoms with Crippen molar-refractivity contribution < 1.29 is 0 Å². The molecule has 1 heterocycles. The van der Waals surface area contributed by atoms with E-state index in [2.05, 4.69) is 15.8 Å². The van der Waals surface area contributed by atoms with Crippen LogP contribution in [0.3, 0.4) is 0 Å². The first-order valence-electron chi connectivity index (χ1n) is 1.89. The summed E-state index contributed by atoms with van der Waals surface area (Å²) < 4.78 is 0. The number of nitrogens with one attached hydrogen (secondary N) is 2. The van der Waals surface area contributed by atoms with Gasteiger partial charge in [0.2, 0.25) is 5.96 Å². The number of hydrogen-bond donors (Lipinski definition) is 4. The maximum Gasteiger partial charge on any atom is 0.206 e. The van der Waals surface area contributed by atoms with Gasteiger partial charge in [-0.25, -0.2) is 4.99 Å². The summed E-state index contributed by atoms with van der Waals surface area (Å²) in [7, 11) is 0. The number of rotatable bonds is 0. The first-order valence-corrected chi connectivity index (χ1v) is 1.89. The van der Waals surface area contributed by atoms with Crippen LogP contribution in [0.5, 0.6) is 0 Å². The molecule has 1 aliphatic rings. The van der Waals surface area contributed by atoms with E-state index in [1.54, 1.807) is 0 Å². The number of guanidine groups is 1. The minimum Gasteiger partial charge on any atom is -0.369 e. The maximum atomic E-state index is 5.18. The summed E-state index contributed by atoms with van der Waals surface area (Å²) in [6, 6.07) is 0. The van der Waals surface area contributed by atoms with Crippen LogP contribution in [0.2, 0.25) is 0 Å². The Morgan fingerprint density at radius 2 is 2.43 bits per heavy atom. The average molecular weight is 101 g/mol. The van der Waals surface area contributed by atoms with Gasteiger partial charge in [0, 0.05) is 0 Å². The van der Waals surface area contributed by atoms with Gasteiger partial charge in [-0.05, 0) is 0 Å². The van der Waals surface area contributed by atoms with Crippen LogP contribution in [0.25, 0.3) is 0 Å². The van der Waals surface area contributed by atoms with Gasteiger partial charge in [0.1, 0.15) is 0 Å². The van der Waals surface area contributed by atoms with Crippen molar-refractivity contribution in [1.29, 1.82) is 0 Å². The molecule has 0 amide bonds. The molecule has 6 N–H and O–H groups in total. The molecule has 5 heteroatoms. The summed E-state index contributed by atoms with van der Waals surface area (Å²) in [5.41, 5.74) is 15.4. The molecule has 1 atom stereocenters. The lowest BCUT2D eigenvalue weighted by Crippen LogP contribution is -2.41. The quantitative estimate of drug-likeness (QED) is 0.275. The van der Waals surface area contributed by atoms with Crippen LogP contribution in [0.4, 0.5) is 0 Å². The molecule has 0 aromatic rings. The van der Waals surface area contributed by atoms with E-state index in [9.17, 15) is 0 Å². The van der Waals surface area contributed by atoms with Crippen LogP contribution in [-0.4, -0.2) is 12.2 Å². The van der Waals surface area contributed by atoms with E-state index in [0.717, 1.165) is 0 Å². The van der Waals surface area contributed by atoms with Gasteiger partial charge in [0.15, 0.2) is 6.29 Å². The summed E-state index contributed by atoms with van der Waals surface area (Å²) in [4.78, 5) is 3.64. The Morgan fingerprint density at radius 3 is 2.57 bits per heavy atom. The predicted molar refractivity (Wildman–Crippen MR) is 25.9 cm³/mol. The summed E-state index contributed by atoms with van der Waals surface area (Å²) in [5, 5.41) is 0. The van der Waals surface area contributed by atoms with Crippen molar-refractivity contribution in [2.45, 2.75) is 6.29 Å². The fraction of sp³-hybridized carbons (Fsp3) is 0.500. The molecule has 5 nitrogen and oxygen atoms in total. The van der Waals surface area contributed by atoms with Crippen molar-refractivity contribution >= 4 is 5.96 Å². The lowest BCUT2D eigenvalue weighted by Gasteiger charge is -1.94. The summed E-state index contributed by atoms with van der Waals surface area (Å²) in [6.07, 6.45) is -0.375. The third-order valence-electron chi connectivity index (χ3n) is 0.626. The molecule has 40 valence electrons. The number of hydrogen-bond acceptors (Lipinski definition) is 5. The van der Waals surface area contributed by atoms with Crippen molar-refractivity contribution in [1.82, 2.24) is 10.9 Å². The van der Waals surface area contributed by atoms with Gasteiger partial charge >= 0.3 is 0 Å². The number of nitrogens with two attached hydrogens (primary N) is 2. The van der Waals surface area contributed by atoms with E-state index in [1.165, 1.54) is 0 Å². The highest BCUT2D eigenvalue weighted by molar-refractivity contribution is 5.78. The van der Waals surface area contributed by atoms with Crippen molar-refractivity contribution in [3.63, 3.8) is 0 Å². The normalized spacial score (nSPS) is 29.3. The molecule has 7 heavy (non-hydrogen) atoms. The molecule has 0 spiro atoms. The second kappa shape index (κ2) is 1.36. The molecular formula is C2H7N5. The van der Waals surface area contributed by atoms with Crippen molar-refractivity contribution in [3.05, 3.63) is 0 Å². The van der Waals surface area contributed by atoms with E-state index in [4.69, 9.17) is 11.5 Å². The zero-order valence-electron chi connectivity index (χ0n) is 3.68. The fourth-order valence-electron chi connectivity index (χ4n) is 0.362. The Kier molecular flexibility index (Phi) is 0.844. The predicted octanol–water partition coefficient (Wildman–Crippen LogP) is -2.35. The van der Waals surface area contributed by atoms with Crippen LogP contribution < -0.4 is 22.3 Å². The first-order chi connectivity index (χ1) is 3.29. The zero-order valence-corrected chi connectivity index (χ0v) is 3.68. The monoisotopic (exact) mass is 101 g/mol. The SMILES string of the molecule is NC1=NC(N)NN1. The summed E-state index contributed by atoms with van der Waals surface area (Å²) in [5.74, 6) is 0.340. The van der Waals surface area contributed by atoms with Crippen LogP contribution in [0.1, 0.15) is 0 Å². The van der Waals surface area contributed by atoms with E-state index < -0.39 is 0 Å². The highest BCUT2D eigenvalue weighted by Crippen LogP contribution is 1.76. The molecule has 0 fully saturated rings. The lowest BCUT2D eigenvalue weighted by atomic mass is 10.9. The topological polar surface area (TPSA) is 88.5 Å². The largest absolute Gasteiger partial charge is 0.369 e. The minimum absolute atomic E-state index is 0.340. The van der Waals surface area contributed by atoms with Crippen LogP contribution >= 0.6 is 0 Å². The zero-order chi connectivity index (χ0) is 5.28. The number of nitrogens with zero attached hydrogens (tertiary/aromatic N) is 1. The molecule has 1 rings (SSSR count). The third-order valence-corrected chi connectivity index (χ3v) is 0.626. The Labute approximate surface area is 40.7 Å². The Balaban J connectivity index is 2.50. The first kappa shape index (κ1) is 4.35. The van der Waals surface area contributed by atoms with Crippen molar-refractivity contribution in [3.8, 4) is 0 Å². The van der Waals surface area contributed by atoms with Gasteiger partial charge in [-0.2, -0.15) is 5.43 Å². The summed E-state index contributed by atoms with van der Waals surface area (Å²) >= 11 is 0. The molecule has 0 saturated carbocycles. The Bertz CT molecular complexity index is 96.3. The average Bonchev–Trinajstić information content (AvgIpc) is 1.87. The molecule has 0 saturated heterocycles. The molecule has 1 aliphatic heterocycles. The van der Waals surface area contributed by atoms with Crippen LogP contribution in [-0.2, 0) is 0 Å². The van der Waals surface area contributed by atoms with Gasteiger partial charge in [0.25, 0.3) is 0 Å². The van der Waals surface area contributed by atoms with Crippen LogP contribution in [0, 0.1) is 0 Å². The Hall–Kier alpha value is -0.810. The van der Waals surface area contributed by atoms with E-state index in [0.29, 0.717) is 5.96 Å². The second-order valence-corrected chi connectivity index (χ2v) is 1.23. The van der Waals surface area contributed by atoms with Gasteiger partial charge in [0.05, 0.1) is 0 Å². The molecule has 0 aromatic heterocycles. The second-order valence-electron chi connectivity index (χ2n) is 1.23. The van der Waals surface area contributed by atoms with E-state index >= 15 is 0 Å². The number of aliphatic imine (C=N–C) groups is 1. The van der Waals surface area contributed by atoms with Gasteiger partial charge in [-0.15, -0.1) is 0 Å². The molecule has 1 unspecified atom stereocenters. The standard InChI is InChI=1S/C2H7N5/c3-1-5-2(4)7-6-1/h1,6H,3H2,(H3,4,5,7). The highest BCUT2D eigenvalue weighted by atomic mass is 15.5. The molecule has 0 aliphatic carbocycles. The van der Waals surface area contributed by atoms with E-state index in [-0.39, 0.29) is 6.29 Å². The van der Waals surface area contributed by atoms with Gasteiger partial charge in [-0.1, -0.05) is 0 Å². The van der Waals surface area contributed by atoms with Crippen LogP contribution in [0.15, 0.2) is 4.99 Å². The van der Waals surface area contributed by atoms with Gasteiger partial charge in [-0.3, -0.25) is 11.2 Å². The minimum atomic E-state index is -0.375. The smallest absolute Gasteiger partial charge is 0.206 e. The highest BCUT2D eigenvalue weighted by Gasteiger charge is 2.05. The van der Waals surface area contributed by atoms with Gasteiger partial charge < -0.3 is 5.73 Å². The summed E-state index contributed by atoms with van der Waals surface area (Å²) in [6.45, 7) is 0. The Morgan fingerprint density at radius 1 is 1.71 bits per heavy atom. The number of hydrazine groups is 1. The fourth-order valence-corrected chi connectivity index (χ4v) is 0.362. The molecule has 0 radical (unpaired) electrons. The third kappa shape index (κ3) is 0.787. The molecule has 0 aromatic carbocycles. The molecular weight excluding hydrogens is 94.1 g/mol. The van der Waals surface area contributed by atoms with Crippen molar-refractivity contribution in [2.24, 2.45) is 16.5 Å². The maximum absolute atomic E-state index is 5.18. The molecule has 0 bridgehead atoms. The lowest BCUT2D eigenvalue weighted by molar-refractivity contribution is 0.566. The van der Waals surface area contributed by atoms with E-state index in [1.807, 2.05) is 0 Å². The van der Waals surface area contributed by atoms with Crippen molar-refractivity contribution in [2.75, 3.05) is 0 Å².